The number of benzene rings is 5. The van der Waals surface area contributed by atoms with E-state index in [1.807, 2.05) is 152 Å². The molecule has 75 heavy (non-hydrogen) atoms. The highest BCUT2D eigenvalue weighted by atomic mass is 16.7. The average molecular weight is 1020 g/mol. The van der Waals surface area contributed by atoms with Crippen molar-refractivity contribution in [2.24, 2.45) is 0 Å². The SMILES string of the molecule is CC(=O)OC[C@H]1O[C@@H](n2c(O[C@H]3O[C@H](COCc4ccccc4)[C@@H](OCc4ccccc4)[C@H](OCc4ccccc4)[C@@H]3OCc3ccccc3)nc3c(OCc4ccccc4)ncnc32)[C@H](OC(C)=O)[C@@H]1OC(C)=O. The van der Waals surface area contributed by atoms with Gasteiger partial charge in [0.25, 0.3) is 0 Å². The fourth-order valence-corrected chi connectivity index (χ4v) is 8.86. The molecule has 2 saturated heterocycles. The first kappa shape index (κ1) is 52.3. The molecule has 18 heteroatoms. The van der Waals surface area contributed by atoms with E-state index in [2.05, 4.69) is 9.97 Å². The Morgan fingerprint density at radius 3 is 1.52 bits per heavy atom. The molecule has 9 rings (SSSR count). The number of nitrogens with zero attached hydrogens (tertiary/aromatic N) is 4. The second-order valence-corrected chi connectivity index (χ2v) is 17.9. The van der Waals surface area contributed by atoms with Crippen molar-refractivity contribution in [3.05, 3.63) is 186 Å². The smallest absolute Gasteiger partial charge is 0.303 e. The summed E-state index contributed by atoms with van der Waals surface area (Å²) < 4.78 is 72.8. The molecular formula is C57H58N4O14. The van der Waals surface area contributed by atoms with E-state index in [1.165, 1.54) is 31.7 Å². The van der Waals surface area contributed by atoms with Gasteiger partial charge in [0.1, 0.15) is 50.1 Å². The van der Waals surface area contributed by atoms with Crippen LogP contribution in [-0.2, 0) is 90.0 Å². The summed E-state index contributed by atoms with van der Waals surface area (Å²) in [7, 11) is 0. The number of carbonyl (C=O) groups is 3. The minimum atomic E-state index is -1.39. The molecule has 9 atom stereocenters. The van der Waals surface area contributed by atoms with Crippen LogP contribution in [0.3, 0.4) is 0 Å². The molecule has 0 radical (unpaired) electrons. The molecule has 390 valence electrons. The number of esters is 3. The van der Waals surface area contributed by atoms with Crippen LogP contribution >= 0.6 is 0 Å². The summed E-state index contributed by atoms with van der Waals surface area (Å²) in [5.41, 5.74) is 4.71. The minimum absolute atomic E-state index is 0.0202. The molecular weight excluding hydrogens is 965 g/mol. The van der Waals surface area contributed by atoms with E-state index in [1.54, 1.807) is 0 Å². The lowest BCUT2D eigenvalue weighted by molar-refractivity contribution is -0.311. The number of imidazole rings is 1. The van der Waals surface area contributed by atoms with Crippen LogP contribution in [0.25, 0.3) is 11.2 Å². The number of ether oxygens (including phenoxy) is 11. The fourth-order valence-electron chi connectivity index (χ4n) is 8.86. The van der Waals surface area contributed by atoms with Crippen LogP contribution in [0.2, 0.25) is 0 Å². The van der Waals surface area contributed by atoms with Gasteiger partial charge in [-0.1, -0.05) is 152 Å². The van der Waals surface area contributed by atoms with Crippen LogP contribution < -0.4 is 9.47 Å². The number of hydrogen-bond acceptors (Lipinski definition) is 17. The lowest BCUT2D eigenvalue weighted by Gasteiger charge is -2.45. The van der Waals surface area contributed by atoms with Gasteiger partial charge >= 0.3 is 23.9 Å². The molecule has 0 amide bonds. The largest absolute Gasteiger partial charge is 0.471 e. The first-order valence-electron chi connectivity index (χ1n) is 24.6. The number of aromatic nitrogens is 4. The van der Waals surface area contributed by atoms with Crippen molar-refractivity contribution in [1.29, 1.82) is 0 Å². The van der Waals surface area contributed by atoms with Gasteiger partial charge in [0.15, 0.2) is 29.6 Å². The summed E-state index contributed by atoms with van der Waals surface area (Å²) in [6, 6.07) is 48.2. The summed E-state index contributed by atoms with van der Waals surface area (Å²) in [6.07, 6.45) is -8.90. The lowest BCUT2D eigenvalue weighted by atomic mass is 9.97. The Bertz CT molecular complexity index is 2920. The maximum atomic E-state index is 13.0. The van der Waals surface area contributed by atoms with E-state index in [-0.39, 0.29) is 69.3 Å². The molecule has 0 unspecified atom stereocenters. The number of fused-ring (bicyclic) bond motifs is 1. The van der Waals surface area contributed by atoms with Crippen LogP contribution in [0.1, 0.15) is 54.8 Å². The van der Waals surface area contributed by atoms with Crippen LogP contribution in [0.4, 0.5) is 0 Å². The van der Waals surface area contributed by atoms with Crippen molar-refractivity contribution in [1.82, 2.24) is 19.5 Å². The molecule has 18 nitrogen and oxygen atoms in total. The molecule has 0 bridgehead atoms. The van der Waals surface area contributed by atoms with Gasteiger partial charge in [0.2, 0.25) is 12.2 Å². The van der Waals surface area contributed by atoms with Crippen molar-refractivity contribution in [2.75, 3.05) is 13.2 Å². The molecule has 0 N–H and O–H groups in total. The van der Waals surface area contributed by atoms with Crippen LogP contribution in [0.5, 0.6) is 11.9 Å². The molecule has 2 aromatic heterocycles. The molecule has 7 aromatic rings. The van der Waals surface area contributed by atoms with Crippen molar-refractivity contribution < 1.29 is 66.5 Å². The summed E-state index contributed by atoms with van der Waals surface area (Å²) in [5, 5.41) is 0. The predicted molar refractivity (Wildman–Crippen MR) is 268 cm³/mol. The zero-order chi connectivity index (χ0) is 51.9. The van der Waals surface area contributed by atoms with E-state index in [9.17, 15) is 14.4 Å². The van der Waals surface area contributed by atoms with Crippen LogP contribution in [0.15, 0.2) is 158 Å². The Morgan fingerprint density at radius 1 is 0.507 bits per heavy atom. The standard InChI is InChI=1S/C57H58N4O14/c1-37(62)66-35-46-49(71-38(2)63)51(72-39(3)64)55(73-46)61-53-47(54(59-36-58-53)70-33-44-27-17-8-18-28-44)60-57(61)75-56-52(69-32-43-25-15-7-16-26-43)50(68-31-42-23-13-6-14-24-42)48(67-30-41-21-11-5-12-22-41)45(74-56)34-65-29-40-19-9-4-10-20-40/h4-28,36,45-46,48-52,55-56H,29-35H2,1-3H3/t45-,46-,48-,49-,50+,51-,52+,55-,56-/m1/s1. The maximum absolute atomic E-state index is 13.0. The van der Waals surface area contributed by atoms with Crippen LogP contribution in [-0.4, -0.2) is 99.7 Å². The molecule has 2 fully saturated rings. The average Bonchev–Trinajstić information content (AvgIpc) is 3.96. The van der Waals surface area contributed by atoms with E-state index in [0.717, 1.165) is 27.8 Å². The van der Waals surface area contributed by atoms with E-state index in [0.29, 0.717) is 0 Å². The Labute approximate surface area is 433 Å². The van der Waals surface area contributed by atoms with Crippen molar-refractivity contribution >= 4 is 29.1 Å². The van der Waals surface area contributed by atoms with E-state index in [4.69, 9.17) is 57.1 Å². The highest BCUT2D eigenvalue weighted by Crippen LogP contribution is 2.41. The number of carbonyl (C=O) groups excluding carboxylic acids is 3. The topological polar surface area (TPSA) is 196 Å². The summed E-state index contributed by atoms with van der Waals surface area (Å²) in [5.74, 6) is -1.98. The maximum Gasteiger partial charge on any atom is 0.303 e. The second-order valence-electron chi connectivity index (χ2n) is 17.9. The van der Waals surface area contributed by atoms with E-state index >= 15 is 0 Å². The lowest BCUT2D eigenvalue weighted by Crippen LogP contribution is -2.62. The van der Waals surface area contributed by atoms with Gasteiger partial charge in [-0.3, -0.25) is 14.4 Å². The number of rotatable bonds is 23. The first-order chi connectivity index (χ1) is 36.7. The highest BCUT2D eigenvalue weighted by molar-refractivity contribution is 5.78. The predicted octanol–water partition coefficient (Wildman–Crippen LogP) is 7.81. The number of hydrogen-bond donors (Lipinski definition) is 0. The monoisotopic (exact) mass is 1020 g/mol. The summed E-state index contributed by atoms with van der Waals surface area (Å²) in [4.78, 5) is 52.0. The molecule has 2 aliphatic rings. The third-order valence-electron chi connectivity index (χ3n) is 12.3. The van der Waals surface area contributed by atoms with Crippen molar-refractivity contribution in [3.63, 3.8) is 0 Å². The molecule has 0 aliphatic carbocycles. The van der Waals surface area contributed by atoms with Crippen molar-refractivity contribution in [2.45, 2.75) is 109 Å². The van der Waals surface area contributed by atoms with Gasteiger partial charge in [0, 0.05) is 20.8 Å². The van der Waals surface area contributed by atoms with Gasteiger partial charge in [-0.05, 0) is 27.8 Å². The minimum Gasteiger partial charge on any atom is -0.471 e. The first-order valence-corrected chi connectivity index (χ1v) is 24.6. The highest BCUT2D eigenvalue weighted by Gasteiger charge is 2.54. The summed E-state index contributed by atoms with van der Waals surface area (Å²) >= 11 is 0. The van der Waals surface area contributed by atoms with Gasteiger partial charge in [-0.25, -0.2) is 9.55 Å². The zero-order valence-electron chi connectivity index (χ0n) is 41.7. The third kappa shape index (κ3) is 13.8. The van der Waals surface area contributed by atoms with Gasteiger partial charge in [-0.2, -0.15) is 9.97 Å². The zero-order valence-corrected chi connectivity index (χ0v) is 41.7. The van der Waals surface area contributed by atoms with Gasteiger partial charge in [-0.15, -0.1) is 0 Å². The van der Waals surface area contributed by atoms with Gasteiger partial charge in [0.05, 0.1) is 33.0 Å². The molecule has 2 aliphatic heterocycles. The van der Waals surface area contributed by atoms with Crippen molar-refractivity contribution in [3.8, 4) is 11.9 Å². The summed E-state index contributed by atoms with van der Waals surface area (Å²) in [6.45, 7) is 4.11. The van der Waals surface area contributed by atoms with Crippen LogP contribution in [0, 0.1) is 0 Å². The second kappa shape index (κ2) is 25.6. The van der Waals surface area contributed by atoms with E-state index < -0.39 is 73.2 Å². The fraction of sp³-hybridized carbons (Fsp3) is 0.333. The Kier molecular flexibility index (Phi) is 17.8. The quantitative estimate of drug-likeness (QED) is 0.0444. The Hall–Kier alpha value is -7.58. The third-order valence-corrected chi connectivity index (χ3v) is 12.3. The Morgan fingerprint density at radius 2 is 0.987 bits per heavy atom. The molecule has 4 heterocycles. The molecule has 0 saturated carbocycles. The van der Waals surface area contributed by atoms with Gasteiger partial charge < -0.3 is 52.1 Å². The normalized spacial score (nSPS) is 22.3. The Balaban J connectivity index is 1.17. The molecule has 5 aromatic carbocycles. The molecule has 0 spiro atoms.